The Kier molecular flexibility index (Phi) is 3.73. The minimum absolute atomic E-state index is 0.118. The first-order valence-corrected chi connectivity index (χ1v) is 4.84. The van der Waals surface area contributed by atoms with E-state index in [9.17, 15) is 0 Å². The number of aromatic nitrogens is 2. The summed E-state index contributed by atoms with van der Waals surface area (Å²) in [6, 6.07) is 0. The highest BCUT2D eigenvalue weighted by molar-refractivity contribution is 5.41. The van der Waals surface area contributed by atoms with Crippen LogP contribution in [-0.4, -0.2) is 21.5 Å². The van der Waals surface area contributed by atoms with Crippen LogP contribution >= 0.6 is 0 Å². The summed E-state index contributed by atoms with van der Waals surface area (Å²) in [5.41, 5.74) is 3.07. The van der Waals surface area contributed by atoms with E-state index < -0.39 is 0 Å². The van der Waals surface area contributed by atoms with Gasteiger partial charge in [-0.15, -0.1) is 0 Å². The van der Waals surface area contributed by atoms with E-state index in [2.05, 4.69) is 23.9 Å². The molecule has 0 spiro atoms. The fourth-order valence-electron chi connectivity index (χ4n) is 1.39. The monoisotopic (exact) mass is 192 g/mol. The Labute approximate surface area is 84.8 Å². The van der Waals surface area contributed by atoms with Crippen LogP contribution in [0.1, 0.15) is 30.3 Å². The summed E-state index contributed by atoms with van der Waals surface area (Å²) in [6.45, 7) is 7.03. The molecule has 3 heteroatoms. The molecular formula is C11H16N2O. The number of rotatable bonds is 2. The number of aryl methyl sites for hydroxylation is 2. The van der Waals surface area contributed by atoms with Gasteiger partial charge in [-0.25, -0.2) is 0 Å². The van der Waals surface area contributed by atoms with E-state index in [1.807, 2.05) is 18.5 Å². The topological polar surface area (TPSA) is 38.0 Å². The minimum atomic E-state index is 0.118. The largest absolute Gasteiger partial charge is 0.395 e. The second-order valence-corrected chi connectivity index (χ2v) is 3.14. The molecule has 0 fully saturated rings. The molecule has 0 aliphatic carbocycles. The summed E-state index contributed by atoms with van der Waals surface area (Å²) >= 11 is 0. The van der Waals surface area contributed by atoms with Crippen LogP contribution in [-0.2, 0) is 6.54 Å². The highest BCUT2D eigenvalue weighted by atomic mass is 16.2. The molecule has 76 valence electrons. The number of hydrogen-bond donors (Lipinski definition) is 1. The van der Waals surface area contributed by atoms with E-state index in [0.29, 0.717) is 6.42 Å². The first-order chi connectivity index (χ1) is 6.70. The third kappa shape index (κ3) is 2.15. The normalized spacial score (nSPS) is 9.71. The van der Waals surface area contributed by atoms with Crippen molar-refractivity contribution < 1.29 is 5.11 Å². The quantitative estimate of drug-likeness (QED) is 0.716. The molecule has 0 amide bonds. The standard InChI is InChI=1S/C11H16N2O/c1-4-13-10(3)11(9(2)12-13)7-5-6-8-14/h14H,4,6,8H2,1-3H3. The molecule has 1 heterocycles. The smallest absolute Gasteiger partial charge is 0.0753 e. The summed E-state index contributed by atoms with van der Waals surface area (Å²) < 4.78 is 1.94. The van der Waals surface area contributed by atoms with Crippen molar-refractivity contribution in [1.29, 1.82) is 0 Å². The summed E-state index contributed by atoms with van der Waals surface area (Å²) in [5.74, 6) is 5.96. The van der Waals surface area contributed by atoms with E-state index in [0.717, 1.165) is 23.5 Å². The molecule has 0 saturated heterocycles. The second-order valence-electron chi connectivity index (χ2n) is 3.14. The lowest BCUT2D eigenvalue weighted by Gasteiger charge is -1.96. The average Bonchev–Trinajstić information content (AvgIpc) is 2.45. The summed E-state index contributed by atoms with van der Waals surface area (Å²) in [4.78, 5) is 0. The molecule has 0 aromatic carbocycles. The van der Waals surface area contributed by atoms with Crippen LogP contribution in [0.15, 0.2) is 0 Å². The number of nitrogens with zero attached hydrogens (tertiary/aromatic N) is 2. The van der Waals surface area contributed by atoms with Gasteiger partial charge in [-0.1, -0.05) is 11.8 Å². The SMILES string of the molecule is CCn1nc(C)c(C#CCCO)c1C. The molecule has 0 bridgehead atoms. The first-order valence-electron chi connectivity index (χ1n) is 4.84. The molecule has 3 nitrogen and oxygen atoms in total. The van der Waals surface area contributed by atoms with Crippen molar-refractivity contribution in [2.75, 3.05) is 6.61 Å². The third-order valence-electron chi connectivity index (χ3n) is 2.13. The van der Waals surface area contributed by atoms with Crippen LogP contribution in [0.2, 0.25) is 0 Å². The van der Waals surface area contributed by atoms with E-state index in [4.69, 9.17) is 5.11 Å². The Hall–Kier alpha value is -1.27. The van der Waals surface area contributed by atoms with Crippen molar-refractivity contribution in [3.8, 4) is 11.8 Å². The van der Waals surface area contributed by atoms with Gasteiger partial charge in [0.2, 0.25) is 0 Å². The van der Waals surface area contributed by atoms with Gasteiger partial charge in [-0.05, 0) is 20.8 Å². The van der Waals surface area contributed by atoms with Gasteiger partial charge in [-0.2, -0.15) is 5.10 Å². The van der Waals surface area contributed by atoms with Gasteiger partial charge in [-0.3, -0.25) is 4.68 Å². The van der Waals surface area contributed by atoms with Crippen LogP contribution in [0, 0.1) is 25.7 Å². The molecule has 1 aromatic rings. The maximum absolute atomic E-state index is 8.61. The van der Waals surface area contributed by atoms with Crippen molar-refractivity contribution in [3.05, 3.63) is 17.0 Å². The van der Waals surface area contributed by atoms with Crippen LogP contribution in [0.3, 0.4) is 0 Å². The third-order valence-corrected chi connectivity index (χ3v) is 2.13. The molecule has 0 radical (unpaired) electrons. The van der Waals surface area contributed by atoms with Gasteiger partial charge in [0.15, 0.2) is 0 Å². The number of aliphatic hydroxyl groups excluding tert-OH is 1. The first kappa shape index (κ1) is 10.8. The molecule has 14 heavy (non-hydrogen) atoms. The van der Waals surface area contributed by atoms with E-state index >= 15 is 0 Å². The second kappa shape index (κ2) is 4.83. The fourth-order valence-corrected chi connectivity index (χ4v) is 1.39. The van der Waals surface area contributed by atoms with Gasteiger partial charge in [0.25, 0.3) is 0 Å². The van der Waals surface area contributed by atoms with Crippen LogP contribution < -0.4 is 0 Å². The number of hydrogen-bond acceptors (Lipinski definition) is 2. The van der Waals surface area contributed by atoms with E-state index in [1.54, 1.807) is 0 Å². The molecule has 0 unspecified atom stereocenters. The number of aliphatic hydroxyl groups is 1. The summed E-state index contributed by atoms with van der Waals surface area (Å²) in [6.07, 6.45) is 0.524. The fraction of sp³-hybridized carbons (Fsp3) is 0.545. The Balaban J connectivity index is 2.98. The lowest BCUT2D eigenvalue weighted by atomic mass is 10.2. The molecule has 0 saturated carbocycles. The maximum atomic E-state index is 8.61. The van der Waals surface area contributed by atoms with Crippen molar-refractivity contribution in [2.45, 2.75) is 33.7 Å². The van der Waals surface area contributed by atoms with Crippen LogP contribution in [0.5, 0.6) is 0 Å². The zero-order chi connectivity index (χ0) is 10.6. The molecule has 1 N–H and O–H groups in total. The van der Waals surface area contributed by atoms with E-state index in [-0.39, 0.29) is 6.61 Å². The Morgan fingerprint density at radius 3 is 2.64 bits per heavy atom. The van der Waals surface area contributed by atoms with Crippen LogP contribution in [0.25, 0.3) is 0 Å². The van der Waals surface area contributed by atoms with Gasteiger partial charge >= 0.3 is 0 Å². The predicted molar refractivity (Wildman–Crippen MR) is 56.0 cm³/mol. The van der Waals surface area contributed by atoms with Crippen LogP contribution in [0.4, 0.5) is 0 Å². The van der Waals surface area contributed by atoms with Crippen molar-refractivity contribution in [2.24, 2.45) is 0 Å². The zero-order valence-corrected chi connectivity index (χ0v) is 8.96. The van der Waals surface area contributed by atoms with Crippen molar-refractivity contribution in [3.63, 3.8) is 0 Å². The molecule has 1 rings (SSSR count). The molecule has 0 aliphatic rings. The lowest BCUT2D eigenvalue weighted by Crippen LogP contribution is -1.98. The molecule has 1 aromatic heterocycles. The van der Waals surface area contributed by atoms with Crippen molar-refractivity contribution >= 4 is 0 Å². The highest BCUT2D eigenvalue weighted by Gasteiger charge is 2.06. The van der Waals surface area contributed by atoms with Crippen molar-refractivity contribution in [1.82, 2.24) is 9.78 Å². The Morgan fingerprint density at radius 1 is 1.43 bits per heavy atom. The molecule has 0 atom stereocenters. The Morgan fingerprint density at radius 2 is 2.14 bits per heavy atom. The maximum Gasteiger partial charge on any atom is 0.0753 e. The zero-order valence-electron chi connectivity index (χ0n) is 8.96. The molecule has 0 aliphatic heterocycles. The summed E-state index contributed by atoms with van der Waals surface area (Å²) in [7, 11) is 0. The molecular weight excluding hydrogens is 176 g/mol. The average molecular weight is 192 g/mol. The van der Waals surface area contributed by atoms with Gasteiger partial charge in [0.1, 0.15) is 0 Å². The van der Waals surface area contributed by atoms with Gasteiger partial charge in [0, 0.05) is 13.0 Å². The van der Waals surface area contributed by atoms with Gasteiger partial charge < -0.3 is 5.11 Å². The highest BCUT2D eigenvalue weighted by Crippen LogP contribution is 2.10. The minimum Gasteiger partial charge on any atom is -0.395 e. The van der Waals surface area contributed by atoms with Gasteiger partial charge in [0.05, 0.1) is 23.6 Å². The Bertz CT molecular complexity index is 369. The summed E-state index contributed by atoms with van der Waals surface area (Å²) in [5, 5.41) is 13.0. The lowest BCUT2D eigenvalue weighted by molar-refractivity contribution is 0.305. The van der Waals surface area contributed by atoms with E-state index in [1.165, 1.54) is 0 Å². The predicted octanol–water partition coefficient (Wildman–Crippen LogP) is 1.25.